The van der Waals surface area contributed by atoms with Crippen molar-refractivity contribution in [3.05, 3.63) is 65.2 Å². The Morgan fingerprint density at radius 3 is 2.55 bits per heavy atom. The Bertz CT molecular complexity index is 955. The molecule has 1 saturated heterocycles. The van der Waals surface area contributed by atoms with Crippen LogP contribution in [0.25, 0.3) is 0 Å². The summed E-state index contributed by atoms with van der Waals surface area (Å²) in [6.45, 7) is 3.41. The first-order valence-electron chi connectivity index (χ1n) is 10.00. The van der Waals surface area contributed by atoms with Gasteiger partial charge in [-0.3, -0.25) is 9.59 Å². The first-order valence-corrected chi connectivity index (χ1v) is 10.00. The molecule has 2 aromatic carbocycles. The average Bonchev–Trinajstić information content (AvgIpc) is 3.18. The highest BCUT2D eigenvalue weighted by Crippen LogP contribution is 2.23. The zero-order chi connectivity index (χ0) is 20.4. The fraction of sp³-hybridized carbons (Fsp3) is 0.348. The van der Waals surface area contributed by atoms with Gasteiger partial charge in [0.15, 0.2) is 6.10 Å². The van der Waals surface area contributed by atoms with Crippen LogP contribution in [0.3, 0.4) is 0 Å². The molecular formula is C23H24N2O4. The van der Waals surface area contributed by atoms with Crippen LogP contribution in [-0.2, 0) is 27.3 Å². The number of fused-ring (bicyclic) bond motifs is 1. The monoisotopic (exact) mass is 392 g/mol. The minimum Gasteiger partial charge on any atom is -0.449 e. The first-order chi connectivity index (χ1) is 14.0. The van der Waals surface area contributed by atoms with Crippen LogP contribution in [0.4, 0.5) is 5.69 Å². The number of amides is 2. The third kappa shape index (κ3) is 4.01. The number of anilines is 1. The molecule has 150 valence electrons. The molecule has 1 fully saturated rings. The van der Waals surface area contributed by atoms with Crippen LogP contribution in [0.5, 0.6) is 0 Å². The van der Waals surface area contributed by atoms with E-state index in [9.17, 15) is 14.4 Å². The number of hydrogen-bond donors (Lipinski definition) is 0. The number of rotatable bonds is 4. The number of hydrogen-bond acceptors (Lipinski definition) is 4. The molecule has 2 aliphatic rings. The summed E-state index contributed by atoms with van der Waals surface area (Å²) < 4.78 is 5.45. The molecule has 1 unspecified atom stereocenters. The quantitative estimate of drug-likeness (QED) is 0.751. The van der Waals surface area contributed by atoms with Gasteiger partial charge in [-0.2, -0.15) is 0 Å². The van der Waals surface area contributed by atoms with E-state index in [1.165, 1.54) is 5.56 Å². The van der Waals surface area contributed by atoms with Crippen LogP contribution in [0, 0.1) is 0 Å². The topological polar surface area (TPSA) is 66.9 Å². The summed E-state index contributed by atoms with van der Waals surface area (Å²) in [5, 5.41) is 0. The first kappa shape index (κ1) is 19.2. The van der Waals surface area contributed by atoms with Gasteiger partial charge >= 0.3 is 5.97 Å². The van der Waals surface area contributed by atoms with Crippen molar-refractivity contribution in [1.82, 2.24) is 4.90 Å². The van der Waals surface area contributed by atoms with Crippen molar-refractivity contribution in [1.29, 1.82) is 0 Å². The van der Waals surface area contributed by atoms with Crippen LogP contribution in [-0.4, -0.2) is 41.9 Å². The van der Waals surface area contributed by atoms with Crippen molar-refractivity contribution in [3.63, 3.8) is 0 Å². The van der Waals surface area contributed by atoms with Crippen LogP contribution in [0.1, 0.15) is 41.3 Å². The normalized spacial score (nSPS) is 17.1. The second-order valence-electron chi connectivity index (χ2n) is 7.53. The summed E-state index contributed by atoms with van der Waals surface area (Å²) in [7, 11) is 0. The highest BCUT2D eigenvalue weighted by atomic mass is 16.5. The lowest BCUT2D eigenvalue weighted by Gasteiger charge is -2.30. The van der Waals surface area contributed by atoms with Gasteiger partial charge in [-0.15, -0.1) is 0 Å². The van der Waals surface area contributed by atoms with Gasteiger partial charge in [-0.25, -0.2) is 4.79 Å². The standard InChI is InChI=1S/C23H24N2O4/c1-16(22(27)24-13-11-17-6-2-3-7-19(17)15-24)29-23(28)18-8-4-9-20(14-18)25-12-5-10-21(25)26/h2-4,6-9,14,16H,5,10-13,15H2,1H3. The molecule has 0 saturated carbocycles. The number of benzene rings is 2. The van der Waals surface area contributed by atoms with Crippen LogP contribution >= 0.6 is 0 Å². The largest absolute Gasteiger partial charge is 0.449 e. The van der Waals surface area contributed by atoms with Gasteiger partial charge in [0, 0.05) is 31.7 Å². The van der Waals surface area contributed by atoms with Crippen molar-refractivity contribution in [3.8, 4) is 0 Å². The predicted octanol–water partition coefficient (Wildman–Crippen LogP) is 2.94. The lowest BCUT2D eigenvalue weighted by Crippen LogP contribution is -2.42. The Morgan fingerprint density at radius 2 is 1.79 bits per heavy atom. The van der Waals surface area contributed by atoms with Gasteiger partial charge in [-0.1, -0.05) is 30.3 Å². The molecule has 2 aliphatic heterocycles. The van der Waals surface area contributed by atoms with Crippen molar-refractivity contribution in [2.75, 3.05) is 18.0 Å². The highest BCUT2D eigenvalue weighted by molar-refractivity contribution is 5.98. The molecule has 4 rings (SSSR count). The van der Waals surface area contributed by atoms with E-state index in [4.69, 9.17) is 4.74 Å². The van der Waals surface area contributed by atoms with E-state index < -0.39 is 12.1 Å². The lowest BCUT2D eigenvalue weighted by atomic mass is 9.99. The predicted molar refractivity (Wildman–Crippen MR) is 108 cm³/mol. The Kier molecular flexibility index (Phi) is 5.34. The molecule has 6 heteroatoms. The molecule has 2 heterocycles. The average molecular weight is 392 g/mol. The molecular weight excluding hydrogens is 368 g/mol. The smallest absolute Gasteiger partial charge is 0.338 e. The second kappa shape index (κ2) is 8.07. The second-order valence-corrected chi connectivity index (χ2v) is 7.53. The molecule has 0 aromatic heterocycles. The Morgan fingerprint density at radius 1 is 1.00 bits per heavy atom. The molecule has 0 spiro atoms. The Labute approximate surface area is 170 Å². The van der Waals surface area contributed by atoms with E-state index in [1.807, 2.05) is 18.2 Å². The van der Waals surface area contributed by atoms with Crippen LogP contribution < -0.4 is 4.90 Å². The van der Waals surface area contributed by atoms with E-state index in [-0.39, 0.29) is 11.8 Å². The summed E-state index contributed by atoms with van der Waals surface area (Å²) in [6.07, 6.45) is 1.27. The van der Waals surface area contributed by atoms with E-state index in [0.29, 0.717) is 37.3 Å². The molecule has 0 bridgehead atoms. The number of carbonyl (C=O) groups excluding carboxylic acids is 3. The third-order valence-electron chi connectivity index (χ3n) is 5.54. The maximum absolute atomic E-state index is 12.8. The zero-order valence-corrected chi connectivity index (χ0v) is 16.5. The van der Waals surface area contributed by atoms with Gasteiger partial charge in [0.05, 0.1) is 5.56 Å². The number of carbonyl (C=O) groups is 3. The molecule has 2 aromatic rings. The number of ether oxygens (including phenoxy) is 1. The van der Waals surface area contributed by atoms with Crippen molar-refractivity contribution in [2.24, 2.45) is 0 Å². The van der Waals surface area contributed by atoms with E-state index in [2.05, 4.69) is 6.07 Å². The van der Waals surface area contributed by atoms with E-state index in [0.717, 1.165) is 18.4 Å². The van der Waals surface area contributed by atoms with Gasteiger partial charge in [0.25, 0.3) is 5.91 Å². The van der Waals surface area contributed by atoms with Crippen LogP contribution in [0.15, 0.2) is 48.5 Å². The zero-order valence-electron chi connectivity index (χ0n) is 16.5. The van der Waals surface area contributed by atoms with Crippen LogP contribution in [0.2, 0.25) is 0 Å². The van der Waals surface area contributed by atoms with Crippen molar-refractivity contribution >= 4 is 23.5 Å². The Hall–Kier alpha value is -3.15. The van der Waals surface area contributed by atoms with Gasteiger partial charge < -0.3 is 14.5 Å². The van der Waals surface area contributed by atoms with Crippen molar-refractivity contribution < 1.29 is 19.1 Å². The van der Waals surface area contributed by atoms with Gasteiger partial charge in [-0.05, 0) is 49.1 Å². The summed E-state index contributed by atoms with van der Waals surface area (Å²) in [5.74, 6) is -0.695. The lowest BCUT2D eigenvalue weighted by molar-refractivity contribution is -0.140. The van der Waals surface area contributed by atoms with Gasteiger partial charge in [0.1, 0.15) is 0 Å². The minimum absolute atomic E-state index is 0.0597. The molecule has 1 atom stereocenters. The number of nitrogens with zero attached hydrogens (tertiary/aromatic N) is 2. The SMILES string of the molecule is CC(OC(=O)c1cccc(N2CCCC2=O)c1)C(=O)N1CCc2ccccc2C1. The summed E-state index contributed by atoms with van der Waals surface area (Å²) in [5.41, 5.74) is 3.42. The highest BCUT2D eigenvalue weighted by Gasteiger charge is 2.28. The molecule has 0 radical (unpaired) electrons. The fourth-order valence-corrected chi connectivity index (χ4v) is 3.94. The van der Waals surface area contributed by atoms with Crippen molar-refractivity contribution in [2.45, 2.75) is 38.8 Å². The van der Waals surface area contributed by atoms with E-state index in [1.54, 1.807) is 41.0 Å². The molecule has 2 amide bonds. The maximum Gasteiger partial charge on any atom is 0.338 e. The third-order valence-corrected chi connectivity index (χ3v) is 5.54. The van der Waals surface area contributed by atoms with E-state index >= 15 is 0 Å². The summed E-state index contributed by atoms with van der Waals surface area (Å²) in [4.78, 5) is 40.7. The van der Waals surface area contributed by atoms with Gasteiger partial charge in [0.2, 0.25) is 5.91 Å². The molecule has 6 nitrogen and oxygen atoms in total. The number of esters is 1. The maximum atomic E-state index is 12.8. The fourth-order valence-electron chi connectivity index (χ4n) is 3.94. The Balaban J connectivity index is 1.41. The molecule has 0 N–H and O–H groups in total. The molecule has 29 heavy (non-hydrogen) atoms. The molecule has 0 aliphatic carbocycles. The minimum atomic E-state index is -0.871. The summed E-state index contributed by atoms with van der Waals surface area (Å²) in [6, 6.07) is 14.9. The summed E-state index contributed by atoms with van der Waals surface area (Å²) >= 11 is 0.